The number of carbonyl (C=O) groups is 2. The summed E-state index contributed by atoms with van der Waals surface area (Å²) >= 11 is 0. The van der Waals surface area contributed by atoms with Crippen LogP contribution in [0.2, 0.25) is 0 Å². The van der Waals surface area contributed by atoms with E-state index in [0.29, 0.717) is 12.8 Å². The third-order valence-electron chi connectivity index (χ3n) is 18.6. The van der Waals surface area contributed by atoms with Gasteiger partial charge in [0.05, 0.1) is 45.2 Å². The molecule has 4 saturated heterocycles. The standard InChI is InChI=1S/C68H126N2O23/c1-4-6-8-10-12-14-16-18-19-20-21-22-23-24-25-27-29-31-33-35-37-39-52(77)70-46(47(76)38-36-34-32-30-28-26-17-15-13-11-9-7-5-2)44-86-66-60(84)57(81)63(50(42-73)89-66)92-68-61(85)58(82)62(51(43-74)90-68)91-65-53(69-45(3)75)64(55(79)49(41-72)87-65)93-67-59(83)56(80)54(78)48(40-71)88-67/h36,38,46-51,53-68,71-74,76,78-85H,4-35,37,39-44H2,1-3H3,(H,69,75)(H,70,77). The smallest absolute Gasteiger partial charge is 0.220 e. The summed E-state index contributed by atoms with van der Waals surface area (Å²) in [6, 6.07) is -2.62. The van der Waals surface area contributed by atoms with Crippen LogP contribution < -0.4 is 10.6 Å². The Morgan fingerprint density at radius 2 is 0.774 bits per heavy atom. The number of aliphatic hydroxyl groups is 13. The Kier molecular flexibility index (Phi) is 43.5. The first-order valence-electron chi connectivity index (χ1n) is 35.9. The van der Waals surface area contributed by atoms with Crippen molar-refractivity contribution in [1.82, 2.24) is 10.6 Å². The molecule has 0 aromatic rings. The van der Waals surface area contributed by atoms with E-state index in [9.17, 15) is 76.0 Å². The van der Waals surface area contributed by atoms with E-state index in [1.54, 1.807) is 6.08 Å². The van der Waals surface area contributed by atoms with Crippen molar-refractivity contribution in [2.45, 2.75) is 374 Å². The SMILES string of the molecule is CCCCCCCCCCCCCC=CC(O)C(COC1OC(CO)C(OC2OC(CO)C(OC3OC(CO)C(O)C(OC4OC(CO)C(O)C(O)C4O)C3NC(C)=O)C(O)C2O)C(O)C1O)NC(=O)CCCCCCCCCCCCCCCCCCCCCCC. The van der Waals surface area contributed by atoms with Crippen molar-refractivity contribution in [3.05, 3.63) is 12.2 Å². The molecule has 22 unspecified atom stereocenters. The summed E-state index contributed by atoms with van der Waals surface area (Å²) in [4.78, 5) is 26.1. The summed E-state index contributed by atoms with van der Waals surface area (Å²) in [5.41, 5.74) is 0. The molecule has 0 aromatic carbocycles. The lowest BCUT2D eigenvalue weighted by atomic mass is 9.94. The lowest BCUT2D eigenvalue weighted by Crippen LogP contribution is -2.70. The number of hydrogen-bond acceptors (Lipinski definition) is 23. The first-order chi connectivity index (χ1) is 45.0. The van der Waals surface area contributed by atoms with Crippen LogP contribution in [0.3, 0.4) is 0 Å². The summed E-state index contributed by atoms with van der Waals surface area (Å²) in [7, 11) is 0. The molecule has 546 valence electrons. The maximum absolute atomic E-state index is 13.5. The monoisotopic (exact) mass is 1340 g/mol. The number of amides is 2. The number of allylic oxidation sites excluding steroid dienone is 1. The molecule has 4 aliphatic heterocycles. The van der Waals surface area contributed by atoms with Gasteiger partial charge in [-0.3, -0.25) is 9.59 Å². The van der Waals surface area contributed by atoms with Crippen LogP contribution in [-0.4, -0.2) is 246 Å². The Morgan fingerprint density at radius 3 is 1.22 bits per heavy atom. The van der Waals surface area contributed by atoms with Crippen LogP contribution in [-0.2, 0) is 47.5 Å². The van der Waals surface area contributed by atoms with Gasteiger partial charge in [0.25, 0.3) is 0 Å². The fraction of sp³-hybridized carbons (Fsp3) is 0.941. The van der Waals surface area contributed by atoms with Gasteiger partial charge < -0.3 is 115 Å². The Morgan fingerprint density at radius 1 is 0.419 bits per heavy atom. The van der Waals surface area contributed by atoms with E-state index in [0.717, 1.165) is 51.9 Å². The Bertz CT molecular complexity index is 1930. The molecule has 22 atom stereocenters. The lowest BCUT2D eigenvalue weighted by Gasteiger charge is -2.50. The maximum Gasteiger partial charge on any atom is 0.220 e. The second-order valence-electron chi connectivity index (χ2n) is 26.4. The molecule has 0 radical (unpaired) electrons. The topological polar surface area (TPSA) is 395 Å². The quantitative estimate of drug-likeness (QED) is 0.0301. The summed E-state index contributed by atoms with van der Waals surface area (Å²) in [5, 5.41) is 147. The molecule has 25 nitrogen and oxygen atoms in total. The minimum atomic E-state index is -2.10. The normalized spacial score (nSPS) is 32.4. The molecule has 25 heteroatoms. The lowest BCUT2D eigenvalue weighted by molar-refractivity contribution is -0.380. The van der Waals surface area contributed by atoms with Crippen LogP contribution in [0.15, 0.2) is 12.2 Å². The highest BCUT2D eigenvalue weighted by atomic mass is 16.8. The molecule has 4 fully saturated rings. The molecule has 4 rings (SSSR count). The van der Waals surface area contributed by atoms with Crippen LogP contribution >= 0.6 is 0 Å². The minimum Gasteiger partial charge on any atom is -0.394 e. The number of nitrogens with one attached hydrogen (secondary N) is 2. The molecule has 4 heterocycles. The molecule has 15 N–H and O–H groups in total. The van der Waals surface area contributed by atoms with Crippen LogP contribution in [0, 0.1) is 0 Å². The summed E-state index contributed by atoms with van der Waals surface area (Å²) < 4.78 is 46.8. The third kappa shape index (κ3) is 29.7. The Labute approximate surface area is 553 Å². The summed E-state index contributed by atoms with van der Waals surface area (Å²) in [6.07, 6.45) is 8.53. The molecule has 0 aromatic heterocycles. The molecule has 4 aliphatic rings. The largest absolute Gasteiger partial charge is 0.394 e. The van der Waals surface area contributed by atoms with Gasteiger partial charge in [0.15, 0.2) is 25.2 Å². The zero-order valence-electron chi connectivity index (χ0n) is 56.3. The first kappa shape index (κ1) is 83.3. The highest BCUT2D eigenvalue weighted by molar-refractivity contribution is 5.76. The minimum absolute atomic E-state index is 0.218. The fourth-order valence-corrected chi connectivity index (χ4v) is 12.8. The van der Waals surface area contributed by atoms with Gasteiger partial charge in [0.1, 0.15) is 97.6 Å². The van der Waals surface area contributed by atoms with Crippen molar-refractivity contribution in [1.29, 1.82) is 0 Å². The van der Waals surface area contributed by atoms with Gasteiger partial charge in [-0.05, 0) is 19.3 Å². The molecule has 2 amide bonds. The third-order valence-corrected chi connectivity index (χ3v) is 18.6. The molecular weight excluding hydrogens is 1210 g/mol. The number of aliphatic hydroxyl groups excluding tert-OH is 13. The average Bonchev–Trinajstić information content (AvgIpc) is 0.808. The molecule has 0 spiro atoms. The number of ether oxygens (including phenoxy) is 8. The van der Waals surface area contributed by atoms with Crippen molar-refractivity contribution < 1.29 is 114 Å². The number of hydrogen-bond donors (Lipinski definition) is 15. The van der Waals surface area contributed by atoms with Crippen molar-refractivity contribution in [2.24, 2.45) is 0 Å². The van der Waals surface area contributed by atoms with Gasteiger partial charge in [-0.25, -0.2) is 0 Å². The second kappa shape index (κ2) is 48.6. The van der Waals surface area contributed by atoms with E-state index in [1.807, 2.05) is 6.08 Å². The van der Waals surface area contributed by atoms with Gasteiger partial charge in [0.2, 0.25) is 11.8 Å². The van der Waals surface area contributed by atoms with Gasteiger partial charge in [-0.1, -0.05) is 219 Å². The van der Waals surface area contributed by atoms with Crippen molar-refractivity contribution in [3.8, 4) is 0 Å². The highest BCUT2D eigenvalue weighted by Gasteiger charge is 2.56. The zero-order chi connectivity index (χ0) is 67.9. The van der Waals surface area contributed by atoms with Crippen molar-refractivity contribution in [2.75, 3.05) is 33.0 Å². The van der Waals surface area contributed by atoms with Crippen LogP contribution in [0.4, 0.5) is 0 Å². The molecule has 0 saturated carbocycles. The van der Waals surface area contributed by atoms with Gasteiger partial charge in [0, 0.05) is 13.3 Å². The fourth-order valence-electron chi connectivity index (χ4n) is 12.8. The van der Waals surface area contributed by atoms with Crippen LogP contribution in [0.5, 0.6) is 0 Å². The average molecular weight is 1340 g/mol. The molecule has 93 heavy (non-hydrogen) atoms. The number of carbonyl (C=O) groups excluding carboxylic acids is 2. The van der Waals surface area contributed by atoms with E-state index < -0.39 is 174 Å². The second-order valence-corrected chi connectivity index (χ2v) is 26.4. The Balaban J connectivity index is 1.30. The van der Waals surface area contributed by atoms with Gasteiger partial charge >= 0.3 is 0 Å². The summed E-state index contributed by atoms with van der Waals surface area (Å²) in [6.45, 7) is 1.63. The predicted molar refractivity (Wildman–Crippen MR) is 345 cm³/mol. The number of rotatable bonds is 51. The number of unbranched alkanes of at least 4 members (excludes halogenated alkanes) is 31. The molecular formula is C68H126N2O23. The van der Waals surface area contributed by atoms with Gasteiger partial charge in [-0.2, -0.15) is 0 Å². The van der Waals surface area contributed by atoms with Crippen LogP contribution in [0.25, 0.3) is 0 Å². The van der Waals surface area contributed by atoms with E-state index in [4.69, 9.17) is 37.9 Å². The highest BCUT2D eigenvalue weighted by Crippen LogP contribution is 2.35. The molecule has 0 aliphatic carbocycles. The first-order valence-corrected chi connectivity index (χ1v) is 35.9. The van der Waals surface area contributed by atoms with Crippen LogP contribution in [0.1, 0.15) is 239 Å². The van der Waals surface area contributed by atoms with E-state index >= 15 is 0 Å². The predicted octanol–water partition coefficient (Wildman–Crippen LogP) is 4.12. The van der Waals surface area contributed by atoms with E-state index in [-0.39, 0.29) is 12.3 Å². The summed E-state index contributed by atoms with van der Waals surface area (Å²) in [5.74, 6) is -1.06. The van der Waals surface area contributed by atoms with E-state index in [2.05, 4.69) is 24.5 Å². The zero-order valence-corrected chi connectivity index (χ0v) is 56.3. The molecule has 0 bridgehead atoms. The maximum atomic E-state index is 13.5. The van der Waals surface area contributed by atoms with Gasteiger partial charge in [-0.15, -0.1) is 0 Å². The van der Waals surface area contributed by atoms with E-state index in [1.165, 1.54) is 154 Å². The Hall–Kier alpha value is -2.16. The van der Waals surface area contributed by atoms with Crippen molar-refractivity contribution in [3.63, 3.8) is 0 Å². The van der Waals surface area contributed by atoms with Crippen molar-refractivity contribution >= 4 is 11.8 Å².